The number of hydrogen-bond acceptors (Lipinski definition) is 3. The van der Waals surface area contributed by atoms with Crippen molar-refractivity contribution in [2.45, 2.75) is 5.92 Å². The lowest BCUT2D eigenvalue weighted by atomic mass is 9.89. The van der Waals surface area contributed by atoms with Crippen molar-refractivity contribution in [3.8, 4) is 0 Å². The van der Waals surface area contributed by atoms with E-state index in [1.165, 1.54) is 12.7 Å². The molecule has 1 aromatic carbocycles. The van der Waals surface area contributed by atoms with Gasteiger partial charge in [0.25, 0.3) is 0 Å². The number of carbonyl (C=O) groups excluding carboxylic acids is 1. The summed E-state index contributed by atoms with van der Waals surface area (Å²) in [5.41, 5.74) is 1.19. The van der Waals surface area contributed by atoms with Gasteiger partial charge in [-0.3, -0.25) is 4.79 Å². The van der Waals surface area contributed by atoms with Crippen molar-refractivity contribution in [1.82, 2.24) is 4.90 Å². The molecular weight excluding hydrogens is 282 g/mol. The molecule has 0 radical (unpaired) electrons. The smallest absolute Gasteiger partial charge is 0.310 e. The highest BCUT2D eigenvalue weighted by Gasteiger charge is 2.37. The zero-order chi connectivity index (χ0) is 12.4. The van der Waals surface area contributed by atoms with Gasteiger partial charge in [-0.15, -0.1) is 0 Å². The van der Waals surface area contributed by atoms with Gasteiger partial charge >= 0.3 is 5.97 Å². The summed E-state index contributed by atoms with van der Waals surface area (Å²) in [6.07, 6.45) is 0. The molecule has 0 amide bonds. The van der Waals surface area contributed by atoms with Crippen LogP contribution in [0.15, 0.2) is 28.7 Å². The van der Waals surface area contributed by atoms with Crippen molar-refractivity contribution < 1.29 is 9.53 Å². The Morgan fingerprint density at radius 2 is 2.24 bits per heavy atom. The molecule has 0 N–H and O–H groups in total. The minimum Gasteiger partial charge on any atom is -0.469 e. The molecule has 0 saturated carbocycles. The molecule has 1 aliphatic heterocycles. The van der Waals surface area contributed by atoms with Gasteiger partial charge in [-0.2, -0.15) is 0 Å². The fourth-order valence-electron chi connectivity index (χ4n) is 2.47. The molecule has 92 valence electrons. The van der Waals surface area contributed by atoms with Gasteiger partial charge in [-0.05, 0) is 24.7 Å². The summed E-state index contributed by atoms with van der Waals surface area (Å²) in [6, 6.07) is 8.16. The summed E-state index contributed by atoms with van der Waals surface area (Å²) in [6.45, 7) is 1.67. The van der Waals surface area contributed by atoms with E-state index in [9.17, 15) is 4.79 Å². The van der Waals surface area contributed by atoms with Crippen LogP contribution < -0.4 is 0 Å². The lowest BCUT2D eigenvalue weighted by molar-refractivity contribution is -0.145. The van der Waals surface area contributed by atoms with E-state index in [2.05, 4.69) is 33.0 Å². The number of benzene rings is 1. The van der Waals surface area contributed by atoms with E-state index in [0.29, 0.717) is 0 Å². The Morgan fingerprint density at radius 3 is 2.88 bits per heavy atom. The van der Waals surface area contributed by atoms with Crippen LogP contribution in [0.1, 0.15) is 11.5 Å². The molecule has 0 bridgehead atoms. The predicted octanol–water partition coefficient (Wildman–Crippen LogP) is 2.27. The zero-order valence-corrected chi connectivity index (χ0v) is 11.6. The van der Waals surface area contributed by atoms with E-state index in [4.69, 9.17) is 4.74 Å². The lowest BCUT2D eigenvalue weighted by Crippen LogP contribution is -2.23. The molecule has 0 spiro atoms. The molecule has 1 aromatic rings. The maximum Gasteiger partial charge on any atom is 0.310 e. The van der Waals surface area contributed by atoms with Crippen molar-refractivity contribution >= 4 is 21.9 Å². The third kappa shape index (κ3) is 2.69. The van der Waals surface area contributed by atoms with E-state index < -0.39 is 0 Å². The van der Waals surface area contributed by atoms with Gasteiger partial charge in [0, 0.05) is 23.5 Å². The van der Waals surface area contributed by atoms with Gasteiger partial charge in [0.05, 0.1) is 13.0 Å². The van der Waals surface area contributed by atoms with Gasteiger partial charge in [0.15, 0.2) is 0 Å². The Kier molecular flexibility index (Phi) is 3.84. The van der Waals surface area contributed by atoms with Crippen LogP contribution in [0.2, 0.25) is 0 Å². The quantitative estimate of drug-likeness (QED) is 0.785. The van der Waals surface area contributed by atoms with Gasteiger partial charge < -0.3 is 9.64 Å². The molecule has 0 aliphatic carbocycles. The Labute approximate surface area is 110 Å². The van der Waals surface area contributed by atoms with Crippen molar-refractivity contribution in [3.05, 3.63) is 34.3 Å². The molecule has 2 rings (SSSR count). The SMILES string of the molecule is COC(=O)[C@@H]1CN(C)C[C@@H]1c1cccc(Br)c1. The number of ether oxygens (including phenoxy) is 1. The number of halogens is 1. The Morgan fingerprint density at radius 1 is 1.47 bits per heavy atom. The standard InChI is InChI=1S/C13H16BrNO2/c1-15-7-11(12(8-15)13(16)17-2)9-4-3-5-10(14)6-9/h3-6,11-12H,7-8H2,1-2H3/t11-,12-/m1/s1. The summed E-state index contributed by atoms with van der Waals surface area (Å²) >= 11 is 3.47. The molecule has 0 aromatic heterocycles. The highest BCUT2D eigenvalue weighted by Crippen LogP contribution is 2.33. The third-order valence-corrected chi connectivity index (χ3v) is 3.78. The maximum absolute atomic E-state index is 11.8. The molecule has 0 unspecified atom stereocenters. The summed E-state index contributed by atoms with van der Waals surface area (Å²) < 4.78 is 5.94. The molecular formula is C13H16BrNO2. The van der Waals surface area contributed by atoms with Gasteiger partial charge in [0.2, 0.25) is 0 Å². The number of carbonyl (C=O) groups is 1. The largest absolute Gasteiger partial charge is 0.469 e. The van der Waals surface area contributed by atoms with Crippen molar-refractivity contribution in [2.75, 3.05) is 27.2 Å². The number of methoxy groups -OCH3 is 1. The summed E-state index contributed by atoms with van der Waals surface area (Å²) in [5, 5.41) is 0. The normalized spacial score (nSPS) is 24.9. The average molecular weight is 298 g/mol. The van der Waals surface area contributed by atoms with E-state index in [0.717, 1.165) is 17.6 Å². The van der Waals surface area contributed by atoms with E-state index >= 15 is 0 Å². The van der Waals surface area contributed by atoms with Crippen molar-refractivity contribution in [2.24, 2.45) is 5.92 Å². The second-order valence-electron chi connectivity index (χ2n) is 4.51. The average Bonchev–Trinajstić information content (AvgIpc) is 2.70. The van der Waals surface area contributed by atoms with E-state index in [-0.39, 0.29) is 17.8 Å². The van der Waals surface area contributed by atoms with Crippen LogP contribution in [0.4, 0.5) is 0 Å². The maximum atomic E-state index is 11.8. The first-order chi connectivity index (χ1) is 8.11. The van der Waals surface area contributed by atoms with Crippen LogP contribution in [0, 0.1) is 5.92 Å². The molecule has 1 heterocycles. The predicted molar refractivity (Wildman–Crippen MR) is 69.9 cm³/mol. The summed E-state index contributed by atoms with van der Waals surface area (Å²) in [7, 11) is 3.49. The molecule has 2 atom stereocenters. The highest BCUT2D eigenvalue weighted by molar-refractivity contribution is 9.10. The Bertz CT molecular complexity index is 422. The fourth-order valence-corrected chi connectivity index (χ4v) is 2.88. The first-order valence-corrected chi connectivity index (χ1v) is 6.43. The Hall–Kier alpha value is -0.870. The molecule has 3 nitrogen and oxygen atoms in total. The number of hydrogen-bond donors (Lipinski definition) is 0. The van der Waals surface area contributed by atoms with Gasteiger partial charge in [-0.25, -0.2) is 0 Å². The fraction of sp³-hybridized carbons (Fsp3) is 0.462. The first-order valence-electron chi connectivity index (χ1n) is 5.63. The van der Waals surface area contributed by atoms with Crippen LogP contribution in [0.3, 0.4) is 0 Å². The highest BCUT2D eigenvalue weighted by atomic mass is 79.9. The number of likely N-dealkylation sites (N-methyl/N-ethyl adjacent to an activating group) is 1. The number of esters is 1. The van der Waals surface area contributed by atoms with Crippen molar-refractivity contribution in [3.63, 3.8) is 0 Å². The topological polar surface area (TPSA) is 29.5 Å². The molecule has 1 aliphatic rings. The van der Waals surface area contributed by atoms with E-state index in [1.807, 2.05) is 19.2 Å². The molecule has 4 heteroatoms. The Balaban J connectivity index is 2.26. The van der Waals surface area contributed by atoms with Gasteiger partial charge in [0.1, 0.15) is 0 Å². The zero-order valence-electron chi connectivity index (χ0n) is 10.0. The monoisotopic (exact) mass is 297 g/mol. The minimum atomic E-state index is -0.112. The minimum absolute atomic E-state index is 0.0562. The number of likely N-dealkylation sites (tertiary alicyclic amines) is 1. The van der Waals surface area contributed by atoms with Crippen LogP contribution in [0.25, 0.3) is 0 Å². The van der Waals surface area contributed by atoms with E-state index in [1.54, 1.807) is 0 Å². The molecule has 17 heavy (non-hydrogen) atoms. The molecule has 1 saturated heterocycles. The second-order valence-corrected chi connectivity index (χ2v) is 5.43. The van der Waals surface area contributed by atoms with Crippen LogP contribution in [-0.4, -0.2) is 38.1 Å². The van der Waals surface area contributed by atoms with Crippen LogP contribution in [0.5, 0.6) is 0 Å². The summed E-state index contributed by atoms with van der Waals surface area (Å²) in [5.74, 6) is 0.0589. The van der Waals surface area contributed by atoms with Crippen LogP contribution in [-0.2, 0) is 9.53 Å². The van der Waals surface area contributed by atoms with Gasteiger partial charge in [-0.1, -0.05) is 28.1 Å². The lowest BCUT2D eigenvalue weighted by Gasteiger charge is -2.16. The summed E-state index contributed by atoms with van der Waals surface area (Å²) in [4.78, 5) is 13.9. The first kappa shape index (κ1) is 12.6. The third-order valence-electron chi connectivity index (χ3n) is 3.28. The van der Waals surface area contributed by atoms with Crippen molar-refractivity contribution in [1.29, 1.82) is 0 Å². The number of nitrogens with zero attached hydrogens (tertiary/aromatic N) is 1. The van der Waals surface area contributed by atoms with Crippen LogP contribution >= 0.6 is 15.9 Å². The molecule has 1 fully saturated rings. The number of rotatable bonds is 2. The second kappa shape index (κ2) is 5.19.